The maximum Gasteiger partial charge on any atom is 0.321 e. The van der Waals surface area contributed by atoms with Crippen LogP contribution in [0.1, 0.15) is 6.42 Å². The molecule has 104 valence electrons. The van der Waals surface area contributed by atoms with Crippen molar-refractivity contribution >= 4 is 44.1 Å². The fraction of sp³-hybridized carbons (Fsp3) is 0.417. The summed E-state index contributed by atoms with van der Waals surface area (Å²) in [6, 6.07) is 6.95. The van der Waals surface area contributed by atoms with Crippen LogP contribution in [0.2, 0.25) is 0 Å². The van der Waals surface area contributed by atoms with Gasteiger partial charge in [-0.05, 0) is 47.2 Å². The number of halogens is 1. The fourth-order valence-corrected chi connectivity index (χ4v) is 4.34. The Balaban J connectivity index is 2.00. The lowest BCUT2D eigenvalue weighted by atomic mass is 10.2. The second kappa shape index (κ2) is 5.66. The van der Waals surface area contributed by atoms with E-state index < -0.39 is 9.84 Å². The first-order chi connectivity index (χ1) is 8.87. The van der Waals surface area contributed by atoms with Crippen LogP contribution in [0.4, 0.5) is 10.5 Å². The van der Waals surface area contributed by atoms with Crippen molar-refractivity contribution in [1.29, 1.82) is 0 Å². The van der Waals surface area contributed by atoms with Gasteiger partial charge < -0.3 is 10.2 Å². The van der Waals surface area contributed by atoms with Gasteiger partial charge in [0.05, 0.1) is 11.5 Å². The zero-order valence-electron chi connectivity index (χ0n) is 10.5. The molecule has 1 heterocycles. The normalized spacial score (nSPS) is 21.1. The highest BCUT2D eigenvalue weighted by atomic mass is 127. The number of rotatable bonds is 2. The topological polar surface area (TPSA) is 66.5 Å². The minimum Gasteiger partial charge on any atom is -0.324 e. The van der Waals surface area contributed by atoms with Gasteiger partial charge >= 0.3 is 6.03 Å². The Morgan fingerprint density at radius 1 is 1.47 bits per heavy atom. The van der Waals surface area contributed by atoms with Crippen molar-refractivity contribution in [3.63, 3.8) is 0 Å². The van der Waals surface area contributed by atoms with Gasteiger partial charge in [0.1, 0.15) is 0 Å². The van der Waals surface area contributed by atoms with E-state index in [1.165, 1.54) is 4.90 Å². The molecule has 1 N–H and O–H groups in total. The van der Waals surface area contributed by atoms with Gasteiger partial charge in [0.15, 0.2) is 9.84 Å². The predicted molar refractivity (Wildman–Crippen MR) is 83.0 cm³/mol. The van der Waals surface area contributed by atoms with Crippen LogP contribution in [-0.4, -0.2) is 43.9 Å². The number of urea groups is 1. The van der Waals surface area contributed by atoms with Crippen molar-refractivity contribution in [2.24, 2.45) is 0 Å². The Labute approximate surface area is 126 Å². The molecule has 0 bridgehead atoms. The third-order valence-electron chi connectivity index (χ3n) is 3.15. The summed E-state index contributed by atoms with van der Waals surface area (Å²) in [5.41, 5.74) is 0.713. The van der Waals surface area contributed by atoms with Gasteiger partial charge in [0.25, 0.3) is 0 Å². The van der Waals surface area contributed by atoms with Crippen LogP contribution in [-0.2, 0) is 9.84 Å². The number of sulfone groups is 1. The van der Waals surface area contributed by atoms with E-state index in [2.05, 4.69) is 27.9 Å². The van der Waals surface area contributed by atoms with Crippen LogP contribution in [0.25, 0.3) is 0 Å². The average Bonchev–Trinajstić information content (AvgIpc) is 2.68. The lowest BCUT2D eigenvalue weighted by Gasteiger charge is -2.23. The molecular formula is C12H15IN2O3S. The zero-order chi connectivity index (χ0) is 14.0. The number of hydrogen-bond donors (Lipinski definition) is 1. The van der Waals surface area contributed by atoms with Crippen molar-refractivity contribution < 1.29 is 13.2 Å². The largest absolute Gasteiger partial charge is 0.324 e. The second-order valence-corrected chi connectivity index (χ2v) is 8.08. The highest BCUT2D eigenvalue weighted by molar-refractivity contribution is 14.1. The number of carbonyl (C=O) groups is 1. The molecule has 1 fully saturated rings. The summed E-state index contributed by atoms with van der Waals surface area (Å²) in [6.45, 7) is 0. The first-order valence-corrected chi connectivity index (χ1v) is 8.77. The van der Waals surface area contributed by atoms with Gasteiger partial charge in [-0.2, -0.15) is 0 Å². The molecular weight excluding hydrogens is 379 g/mol. The molecule has 1 aliphatic rings. The van der Waals surface area contributed by atoms with Crippen LogP contribution in [0, 0.1) is 3.57 Å². The van der Waals surface area contributed by atoms with Crippen molar-refractivity contribution in [1.82, 2.24) is 4.90 Å². The minimum absolute atomic E-state index is 0.0588. The summed E-state index contributed by atoms with van der Waals surface area (Å²) in [5, 5.41) is 2.77. The molecule has 0 aromatic heterocycles. The summed E-state index contributed by atoms with van der Waals surface area (Å²) >= 11 is 2.17. The minimum atomic E-state index is -2.98. The molecule has 2 rings (SSSR count). The summed E-state index contributed by atoms with van der Waals surface area (Å²) in [7, 11) is -1.34. The molecule has 7 heteroatoms. The van der Waals surface area contributed by atoms with Gasteiger partial charge in [0, 0.05) is 22.3 Å². The Bertz CT molecular complexity index is 588. The van der Waals surface area contributed by atoms with E-state index in [9.17, 15) is 13.2 Å². The molecule has 0 aliphatic carbocycles. The SMILES string of the molecule is CN(C(=O)Nc1cccc(I)c1)C1CCS(=O)(=O)C1. The van der Waals surface area contributed by atoms with Gasteiger partial charge in [-0.1, -0.05) is 6.07 Å². The molecule has 0 radical (unpaired) electrons. The van der Waals surface area contributed by atoms with Crippen LogP contribution in [0.5, 0.6) is 0 Å². The van der Waals surface area contributed by atoms with E-state index in [0.29, 0.717) is 12.1 Å². The smallest absolute Gasteiger partial charge is 0.321 e. The number of amides is 2. The quantitative estimate of drug-likeness (QED) is 0.780. The van der Waals surface area contributed by atoms with E-state index in [-0.39, 0.29) is 23.6 Å². The standard InChI is InChI=1S/C12H15IN2O3S/c1-15(11-5-6-19(17,18)8-11)12(16)14-10-4-2-3-9(13)7-10/h2-4,7,11H,5-6,8H2,1H3,(H,14,16). The summed E-state index contributed by atoms with van der Waals surface area (Å²) in [6.07, 6.45) is 0.512. The van der Waals surface area contributed by atoms with Crippen molar-refractivity contribution in [2.75, 3.05) is 23.9 Å². The first-order valence-electron chi connectivity index (χ1n) is 5.87. The molecule has 1 aromatic carbocycles. The van der Waals surface area contributed by atoms with E-state index in [1.54, 1.807) is 13.1 Å². The second-order valence-electron chi connectivity index (χ2n) is 4.61. The third-order valence-corrected chi connectivity index (χ3v) is 5.57. The molecule has 1 aromatic rings. The summed E-state index contributed by atoms with van der Waals surface area (Å²) < 4.78 is 23.9. The summed E-state index contributed by atoms with van der Waals surface area (Å²) in [4.78, 5) is 13.5. The van der Waals surface area contributed by atoms with Crippen LogP contribution < -0.4 is 5.32 Å². The Morgan fingerprint density at radius 3 is 2.79 bits per heavy atom. The highest BCUT2D eigenvalue weighted by Gasteiger charge is 2.32. The monoisotopic (exact) mass is 394 g/mol. The van der Waals surface area contributed by atoms with E-state index in [1.807, 2.05) is 18.2 Å². The Kier molecular flexibility index (Phi) is 4.34. The summed E-state index contributed by atoms with van der Waals surface area (Å²) in [5.74, 6) is 0.224. The predicted octanol–water partition coefficient (Wildman–Crippen LogP) is 1.94. The van der Waals surface area contributed by atoms with Gasteiger partial charge in [-0.15, -0.1) is 0 Å². The zero-order valence-corrected chi connectivity index (χ0v) is 13.4. The van der Waals surface area contributed by atoms with Crippen molar-refractivity contribution in [2.45, 2.75) is 12.5 Å². The Hall–Kier alpha value is -0.830. The molecule has 5 nitrogen and oxygen atoms in total. The number of nitrogens with one attached hydrogen (secondary N) is 1. The first kappa shape index (κ1) is 14.6. The molecule has 0 saturated carbocycles. The number of benzene rings is 1. The van der Waals surface area contributed by atoms with E-state index >= 15 is 0 Å². The van der Waals surface area contributed by atoms with Crippen LogP contribution in [0.3, 0.4) is 0 Å². The van der Waals surface area contributed by atoms with E-state index in [0.717, 1.165) is 3.57 Å². The number of hydrogen-bond acceptors (Lipinski definition) is 3. The lowest BCUT2D eigenvalue weighted by Crippen LogP contribution is -2.40. The van der Waals surface area contributed by atoms with Crippen LogP contribution in [0.15, 0.2) is 24.3 Å². The third kappa shape index (κ3) is 3.82. The number of anilines is 1. The Morgan fingerprint density at radius 2 is 2.21 bits per heavy atom. The lowest BCUT2D eigenvalue weighted by molar-refractivity contribution is 0.209. The number of carbonyl (C=O) groups excluding carboxylic acids is 1. The van der Waals surface area contributed by atoms with Crippen molar-refractivity contribution in [3.8, 4) is 0 Å². The van der Waals surface area contributed by atoms with Crippen LogP contribution >= 0.6 is 22.6 Å². The maximum atomic E-state index is 12.0. The van der Waals surface area contributed by atoms with Gasteiger partial charge in [-0.25, -0.2) is 13.2 Å². The molecule has 1 saturated heterocycles. The van der Waals surface area contributed by atoms with Gasteiger partial charge in [-0.3, -0.25) is 0 Å². The highest BCUT2D eigenvalue weighted by Crippen LogP contribution is 2.18. The maximum absolute atomic E-state index is 12.0. The molecule has 1 atom stereocenters. The average molecular weight is 394 g/mol. The van der Waals surface area contributed by atoms with E-state index in [4.69, 9.17) is 0 Å². The molecule has 1 aliphatic heterocycles. The molecule has 1 unspecified atom stereocenters. The van der Waals surface area contributed by atoms with Crippen molar-refractivity contribution in [3.05, 3.63) is 27.8 Å². The van der Waals surface area contributed by atoms with Gasteiger partial charge in [0.2, 0.25) is 0 Å². The number of nitrogens with zero attached hydrogens (tertiary/aromatic N) is 1. The fourth-order valence-electron chi connectivity index (χ4n) is 2.02. The molecule has 19 heavy (non-hydrogen) atoms. The molecule has 2 amide bonds. The molecule has 0 spiro atoms.